The van der Waals surface area contributed by atoms with Crippen molar-refractivity contribution in [1.82, 2.24) is 34.4 Å². The summed E-state index contributed by atoms with van der Waals surface area (Å²) < 4.78 is 3.00. The molecule has 0 radical (unpaired) electrons. The third-order valence-electron chi connectivity index (χ3n) is 7.45. The van der Waals surface area contributed by atoms with Crippen LogP contribution in [0.4, 0.5) is 5.82 Å². The Kier molecular flexibility index (Phi) is 6.95. The molecule has 206 valence electrons. The number of nitrogen functional groups attached to an aromatic ring is 1. The quantitative estimate of drug-likeness (QED) is 0.332. The standard InChI is InChI=1S/C31H30N8O2/c1-20(34-30(40)26-27(32)36-38-17-7-16-33-29(26)38)28-35-24-11-6-8-22(13-12-21-14-18-37(2)19-15-21)25(24)31(41)39(28)23-9-4-3-5-10-23/h3-11,16-17,20-21H,14-15,18-19H2,1-2H3,(H2,32,36)(H,34,40). The second-order valence-electron chi connectivity index (χ2n) is 10.3. The van der Waals surface area contributed by atoms with E-state index in [1.807, 2.05) is 42.5 Å². The van der Waals surface area contributed by atoms with Gasteiger partial charge in [0.2, 0.25) is 0 Å². The largest absolute Gasteiger partial charge is 0.381 e. The van der Waals surface area contributed by atoms with Gasteiger partial charge in [-0.15, -0.1) is 5.10 Å². The highest BCUT2D eigenvalue weighted by Crippen LogP contribution is 2.22. The summed E-state index contributed by atoms with van der Waals surface area (Å²) >= 11 is 0. The fraction of sp³-hybridized carbons (Fsp3) is 0.258. The number of hydrogen-bond acceptors (Lipinski definition) is 7. The van der Waals surface area contributed by atoms with Crippen molar-refractivity contribution in [1.29, 1.82) is 0 Å². The summed E-state index contributed by atoms with van der Waals surface area (Å²) in [5, 5.41) is 7.59. The molecule has 0 aliphatic carbocycles. The number of aromatic nitrogens is 5. The minimum Gasteiger partial charge on any atom is -0.381 e. The number of piperidine rings is 1. The van der Waals surface area contributed by atoms with Crippen molar-refractivity contribution in [2.75, 3.05) is 25.9 Å². The van der Waals surface area contributed by atoms with Gasteiger partial charge in [0.05, 0.1) is 22.6 Å². The zero-order valence-corrected chi connectivity index (χ0v) is 22.9. The number of anilines is 1. The maximum atomic E-state index is 14.2. The first-order valence-electron chi connectivity index (χ1n) is 13.6. The van der Waals surface area contributed by atoms with E-state index in [0.717, 1.165) is 25.9 Å². The van der Waals surface area contributed by atoms with E-state index in [0.29, 0.717) is 39.5 Å². The normalized spacial score (nSPS) is 15.0. The topological polar surface area (TPSA) is 123 Å². The molecule has 1 fully saturated rings. The number of fused-ring (bicyclic) bond motifs is 2. The van der Waals surface area contributed by atoms with E-state index in [9.17, 15) is 9.59 Å². The third-order valence-corrected chi connectivity index (χ3v) is 7.45. The first-order chi connectivity index (χ1) is 19.9. The van der Waals surface area contributed by atoms with Crippen LogP contribution >= 0.6 is 0 Å². The van der Waals surface area contributed by atoms with Crippen LogP contribution in [0.1, 0.15) is 47.6 Å². The van der Waals surface area contributed by atoms with Crippen molar-refractivity contribution in [3.8, 4) is 17.5 Å². The Morgan fingerprint density at radius 1 is 1.10 bits per heavy atom. The zero-order valence-electron chi connectivity index (χ0n) is 22.9. The molecule has 2 aromatic carbocycles. The SMILES string of the molecule is CC(NC(=O)c1c(N)nn2cccnc12)c1nc2cccc(C#CC3CCN(C)CC3)c2c(=O)n1-c1ccccc1. The molecule has 0 saturated carbocycles. The molecule has 41 heavy (non-hydrogen) atoms. The Bertz CT molecular complexity index is 1880. The number of carbonyl (C=O) groups excluding carboxylic acids is 1. The number of amides is 1. The predicted molar refractivity (Wildman–Crippen MR) is 158 cm³/mol. The van der Waals surface area contributed by atoms with Crippen LogP contribution in [0.25, 0.3) is 22.2 Å². The molecule has 1 aliphatic heterocycles. The Hall–Kier alpha value is -5.01. The first kappa shape index (κ1) is 26.2. The lowest BCUT2D eigenvalue weighted by Gasteiger charge is -2.25. The van der Waals surface area contributed by atoms with E-state index in [4.69, 9.17) is 10.7 Å². The van der Waals surface area contributed by atoms with Gasteiger partial charge < -0.3 is 16.0 Å². The van der Waals surface area contributed by atoms with Crippen LogP contribution in [-0.2, 0) is 0 Å². The number of nitrogens with one attached hydrogen (secondary N) is 1. The van der Waals surface area contributed by atoms with E-state index >= 15 is 0 Å². The lowest BCUT2D eigenvalue weighted by atomic mass is 9.97. The molecule has 0 spiro atoms. The molecule has 10 nitrogen and oxygen atoms in total. The number of nitrogens with zero attached hydrogens (tertiary/aromatic N) is 6. The lowest BCUT2D eigenvalue weighted by molar-refractivity contribution is 0.0940. The summed E-state index contributed by atoms with van der Waals surface area (Å²) in [4.78, 5) is 39.1. The molecule has 1 saturated heterocycles. The molecule has 1 atom stereocenters. The summed E-state index contributed by atoms with van der Waals surface area (Å²) in [6, 6.07) is 15.9. The van der Waals surface area contributed by atoms with E-state index in [1.54, 1.807) is 36.0 Å². The molecule has 4 heterocycles. The van der Waals surface area contributed by atoms with Gasteiger partial charge in [-0.3, -0.25) is 14.2 Å². The Labute approximate surface area is 236 Å². The number of carbonyl (C=O) groups is 1. The van der Waals surface area contributed by atoms with Crippen LogP contribution in [0.5, 0.6) is 0 Å². The van der Waals surface area contributed by atoms with Crippen molar-refractivity contribution < 1.29 is 4.79 Å². The molecule has 3 N–H and O–H groups in total. The van der Waals surface area contributed by atoms with Crippen LogP contribution in [-0.4, -0.2) is 55.1 Å². The van der Waals surface area contributed by atoms with Gasteiger partial charge >= 0.3 is 0 Å². The highest BCUT2D eigenvalue weighted by molar-refractivity contribution is 6.04. The van der Waals surface area contributed by atoms with E-state index in [1.165, 1.54) is 4.52 Å². The number of likely N-dealkylation sites (tertiary alicyclic amines) is 1. The highest BCUT2D eigenvalue weighted by atomic mass is 16.2. The van der Waals surface area contributed by atoms with E-state index in [2.05, 4.69) is 39.2 Å². The number of hydrogen-bond donors (Lipinski definition) is 2. The Balaban J connectivity index is 1.43. The number of benzene rings is 2. The lowest BCUT2D eigenvalue weighted by Crippen LogP contribution is -2.33. The van der Waals surface area contributed by atoms with Gasteiger partial charge in [-0.25, -0.2) is 14.5 Å². The second-order valence-corrected chi connectivity index (χ2v) is 10.3. The maximum Gasteiger partial charge on any atom is 0.267 e. The van der Waals surface area contributed by atoms with Gasteiger partial charge in [0.15, 0.2) is 11.5 Å². The smallest absolute Gasteiger partial charge is 0.267 e. The summed E-state index contributed by atoms with van der Waals surface area (Å²) in [6.45, 7) is 3.81. The Morgan fingerprint density at radius 2 is 1.88 bits per heavy atom. The van der Waals surface area contributed by atoms with Crippen molar-refractivity contribution in [3.05, 3.63) is 94.3 Å². The third kappa shape index (κ3) is 5.03. The average Bonchev–Trinajstić information content (AvgIpc) is 3.32. The fourth-order valence-electron chi connectivity index (χ4n) is 5.26. The molecule has 1 aliphatic rings. The van der Waals surface area contributed by atoms with Gasteiger partial charge in [0.1, 0.15) is 11.4 Å². The molecule has 0 bridgehead atoms. The number of nitrogens with two attached hydrogens (primary N) is 1. The molecule has 5 aromatic rings. The van der Waals surface area contributed by atoms with Crippen LogP contribution in [0.2, 0.25) is 0 Å². The number of rotatable bonds is 4. The summed E-state index contributed by atoms with van der Waals surface area (Å²) in [7, 11) is 2.12. The van der Waals surface area contributed by atoms with Crippen LogP contribution in [0.3, 0.4) is 0 Å². The minimum atomic E-state index is -0.660. The molecule has 6 rings (SSSR count). The Morgan fingerprint density at radius 3 is 2.66 bits per heavy atom. The van der Waals surface area contributed by atoms with Gasteiger partial charge in [0.25, 0.3) is 11.5 Å². The molecule has 1 unspecified atom stereocenters. The summed E-state index contributed by atoms with van der Waals surface area (Å²) in [5.74, 6) is 6.97. The van der Waals surface area contributed by atoms with Crippen LogP contribution in [0.15, 0.2) is 71.8 Å². The zero-order chi connectivity index (χ0) is 28.5. The average molecular weight is 547 g/mol. The van der Waals surface area contributed by atoms with E-state index in [-0.39, 0.29) is 16.9 Å². The first-order valence-corrected chi connectivity index (χ1v) is 13.6. The number of para-hydroxylation sites is 1. The minimum absolute atomic E-state index is 0.0631. The molecular weight excluding hydrogens is 516 g/mol. The van der Waals surface area contributed by atoms with Gasteiger partial charge in [-0.2, -0.15) is 0 Å². The summed E-state index contributed by atoms with van der Waals surface area (Å²) in [6.07, 6.45) is 5.26. The van der Waals surface area contributed by atoms with Gasteiger partial charge in [-0.05, 0) is 70.2 Å². The molecular formula is C31H30N8O2. The molecule has 1 amide bonds. The van der Waals surface area contributed by atoms with Gasteiger partial charge in [0, 0.05) is 23.9 Å². The fourth-order valence-corrected chi connectivity index (χ4v) is 5.26. The van der Waals surface area contributed by atoms with Crippen molar-refractivity contribution in [2.45, 2.75) is 25.8 Å². The van der Waals surface area contributed by atoms with Gasteiger partial charge in [-0.1, -0.05) is 36.1 Å². The molecule has 3 aromatic heterocycles. The van der Waals surface area contributed by atoms with E-state index < -0.39 is 11.9 Å². The van der Waals surface area contributed by atoms with Crippen molar-refractivity contribution in [3.63, 3.8) is 0 Å². The molecule has 10 heteroatoms. The van der Waals surface area contributed by atoms with Crippen molar-refractivity contribution in [2.24, 2.45) is 5.92 Å². The summed E-state index contributed by atoms with van der Waals surface area (Å²) in [5.41, 5.74) is 8.14. The monoisotopic (exact) mass is 546 g/mol. The second kappa shape index (κ2) is 10.9. The predicted octanol–water partition coefficient (Wildman–Crippen LogP) is 3.19. The van der Waals surface area contributed by atoms with Crippen LogP contribution < -0.4 is 16.6 Å². The highest BCUT2D eigenvalue weighted by Gasteiger charge is 2.25. The van der Waals surface area contributed by atoms with Crippen LogP contribution in [0, 0.1) is 17.8 Å². The van der Waals surface area contributed by atoms with Crippen molar-refractivity contribution >= 4 is 28.3 Å². The maximum absolute atomic E-state index is 14.2.